The highest BCUT2D eigenvalue weighted by atomic mass is 19.4. The molecule has 0 aliphatic carbocycles. The van der Waals surface area contributed by atoms with Crippen molar-refractivity contribution in [2.45, 2.75) is 12.5 Å². The predicted octanol–water partition coefficient (Wildman–Crippen LogP) is 4.67. The topological polar surface area (TPSA) is 31.4 Å². The van der Waals surface area contributed by atoms with Gasteiger partial charge in [0.05, 0.1) is 7.11 Å². The van der Waals surface area contributed by atoms with Crippen molar-refractivity contribution in [1.29, 1.82) is 0 Å². The molecule has 2 aromatic rings. The summed E-state index contributed by atoms with van der Waals surface area (Å²) in [7, 11) is 1.01. The van der Waals surface area contributed by atoms with E-state index in [2.05, 4.69) is 14.5 Å². The van der Waals surface area contributed by atoms with Crippen LogP contribution in [0.15, 0.2) is 36.5 Å². The number of methoxy groups -OCH3 is 1. The average Bonchev–Trinajstić information content (AvgIpc) is 2.44. The van der Waals surface area contributed by atoms with Gasteiger partial charge in [0.2, 0.25) is 5.88 Å². The molecule has 0 atom stereocenters. The van der Waals surface area contributed by atoms with E-state index in [0.717, 1.165) is 19.4 Å². The highest BCUT2D eigenvalue weighted by Gasteiger charge is 2.36. The molecule has 0 aliphatic rings. The molecule has 0 fully saturated rings. The molecule has 0 unspecified atom stereocenters. The third-order valence-electron chi connectivity index (χ3n) is 2.77. The molecule has 2 rings (SSSR count). The largest absolute Gasteiger partial charge is 0.573 e. The molecule has 1 aromatic heterocycles. The second-order valence-electron chi connectivity index (χ2n) is 4.32. The standard InChI is InChI=1S/C14H9F6NO2/c1-22-12-10(13(15,16)17)6-8(7-21-12)9-4-2-3-5-11(9)23-14(18,19)20/h2-7H,1H3. The number of nitrogens with zero attached hydrogens (tertiary/aromatic N) is 1. The lowest BCUT2D eigenvalue weighted by atomic mass is 10.0. The molecule has 0 saturated carbocycles. The normalized spacial score (nSPS) is 12.1. The van der Waals surface area contributed by atoms with Gasteiger partial charge < -0.3 is 9.47 Å². The molecule has 1 heterocycles. The molecule has 1 aromatic carbocycles. The van der Waals surface area contributed by atoms with Crippen molar-refractivity contribution in [3.63, 3.8) is 0 Å². The van der Waals surface area contributed by atoms with Crippen molar-refractivity contribution < 1.29 is 35.8 Å². The number of rotatable bonds is 3. The highest BCUT2D eigenvalue weighted by molar-refractivity contribution is 5.70. The Hall–Kier alpha value is -2.45. The van der Waals surface area contributed by atoms with Crippen molar-refractivity contribution in [1.82, 2.24) is 4.98 Å². The zero-order chi connectivity index (χ0) is 17.3. The Bertz CT molecular complexity index is 696. The first-order valence-corrected chi connectivity index (χ1v) is 6.08. The molecule has 0 bridgehead atoms. The van der Waals surface area contributed by atoms with E-state index in [4.69, 9.17) is 0 Å². The lowest BCUT2D eigenvalue weighted by Crippen LogP contribution is -2.17. The second-order valence-corrected chi connectivity index (χ2v) is 4.32. The third kappa shape index (κ3) is 4.05. The molecule has 0 aliphatic heterocycles. The molecule has 0 N–H and O–H groups in total. The fourth-order valence-corrected chi connectivity index (χ4v) is 1.88. The average molecular weight is 337 g/mol. The van der Waals surface area contributed by atoms with Gasteiger partial charge in [-0.25, -0.2) is 4.98 Å². The monoisotopic (exact) mass is 337 g/mol. The van der Waals surface area contributed by atoms with E-state index in [1.54, 1.807) is 0 Å². The van der Waals surface area contributed by atoms with Gasteiger partial charge in [-0.3, -0.25) is 0 Å². The first-order valence-electron chi connectivity index (χ1n) is 6.08. The van der Waals surface area contributed by atoms with Gasteiger partial charge in [-0.1, -0.05) is 18.2 Å². The summed E-state index contributed by atoms with van der Waals surface area (Å²) in [5.74, 6) is -1.30. The van der Waals surface area contributed by atoms with E-state index in [1.807, 2.05) is 0 Å². The van der Waals surface area contributed by atoms with Crippen molar-refractivity contribution in [2.75, 3.05) is 7.11 Å². The van der Waals surface area contributed by atoms with Crippen LogP contribution in [0.1, 0.15) is 5.56 Å². The molecular formula is C14H9F6NO2. The van der Waals surface area contributed by atoms with E-state index in [0.29, 0.717) is 6.07 Å². The van der Waals surface area contributed by atoms with Crippen LogP contribution in [0.25, 0.3) is 11.1 Å². The van der Waals surface area contributed by atoms with Crippen LogP contribution in [0, 0.1) is 0 Å². The SMILES string of the molecule is COc1ncc(-c2ccccc2OC(F)(F)F)cc1C(F)(F)F. The van der Waals surface area contributed by atoms with E-state index in [1.165, 1.54) is 18.2 Å². The summed E-state index contributed by atoms with van der Waals surface area (Å²) in [5.41, 5.74) is -1.55. The maximum Gasteiger partial charge on any atom is 0.573 e. The quantitative estimate of drug-likeness (QED) is 0.763. The Morgan fingerprint density at radius 3 is 2.22 bits per heavy atom. The smallest absolute Gasteiger partial charge is 0.481 e. The summed E-state index contributed by atoms with van der Waals surface area (Å²) >= 11 is 0. The first kappa shape index (κ1) is 16.9. The molecule has 23 heavy (non-hydrogen) atoms. The molecule has 0 radical (unpaired) electrons. The first-order chi connectivity index (χ1) is 10.6. The Morgan fingerprint density at radius 2 is 1.65 bits per heavy atom. The molecule has 3 nitrogen and oxygen atoms in total. The number of benzene rings is 1. The number of hydrogen-bond acceptors (Lipinski definition) is 3. The molecule has 9 heteroatoms. The molecule has 0 saturated heterocycles. The van der Waals surface area contributed by atoms with Crippen LogP contribution in [0.2, 0.25) is 0 Å². The number of pyridine rings is 1. The zero-order valence-electron chi connectivity index (χ0n) is 11.5. The van der Waals surface area contributed by atoms with E-state index < -0.39 is 29.7 Å². The molecule has 0 spiro atoms. The maximum absolute atomic E-state index is 13.0. The van der Waals surface area contributed by atoms with Gasteiger partial charge in [0.15, 0.2) is 0 Å². The van der Waals surface area contributed by atoms with Crippen molar-refractivity contribution >= 4 is 0 Å². The number of aromatic nitrogens is 1. The summed E-state index contributed by atoms with van der Waals surface area (Å²) < 4.78 is 84.4. The number of alkyl halides is 6. The maximum atomic E-state index is 13.0. The van der Waals surface area contributed by atoms with Crippen molar-refractivity contribution in [2.24, 2.45) is 0 Å². The van der Waals surface area contributed by atoms with Gasteiger partial charge in [-0.05, 0) is 12.1 Å². The molecule has 0 amide bonds. The Morgan fingerprint density at radius 1 is 1.00 bits per heavy atom. The number of hydrogen-bond donors (Lipinski definition) is 0. The van der Waals surface area contributed by atoms with Crippen LogP contribution in [-0.4, -0.2) is 18.5 Å². The Kier molecular flexibility index (Phi) is 4.39. The van der Waals surface area contributed by atoms with Gasteiger partial charge >= 0.3 is 12.5 Å². The fraction of sp³-hybridized carbons (Fsp3) is 0.214. The fourth-order valence-electron chi connectivity index (χ4n) is 1.88. The lowest BCUT2D eigenvalue weighted by molar-refractivity contribution is -0.274. The van der Waals surface area contributed by atoms with E-state index >= 15 is 0 Å². The van der Waals surface area contributed by atoms with Crippen molar-refractivity contribution in [3.05, 3.63) is 42.1 Å². The van der Waals surface area contributed by atoms with Gasteiger partial charge in [0.25, 0.3) is 0 Å². The van der Waals surface area contributed by atoms with Gasteiger partial charge in [-0.15, -0.1) is 13.2 Å². The summed E-state index contributed by atoms with van der Waals surface area (Å²) in [6.07, 6.45) is -8.76. The van der Waals surface area contributed by atoms with Gasteiger partial charge in [0, 0.05) is 17.3 Å². The minimum absolute atomic E-state index is 0.175. The second kappa shape index (κ2) is 5.98. The molecule has 124 valence electrons. The number of ether oxygens (including phenoxy) is 2. The van der Waals surface area contributed by atoms with Crippen LogP contribution in [0.3, 0.4) is 0 Å². The predicted molar refractivity (Wildman–Crippen MR) is 67.9 cm³/mol. The molecular weight excluding hydrogens is 328 g/mol. The van der Waals surface area contributed by atoms with Crippen LogP contribution >= 0.6 is 0 Å². The van der Waals surface area contributed by atoms with Crippen LogP contribution < -0.4 is 9.47 Å². The summed E-state index contributed by atoms with van der Waals surface area (Å²) in [6.45, 7) is 0. The highest BCUT2D eigenvalue weighted by Crippen LogP contribution is 2.39. The Balaban J connectivity index is 2.55. The Labute approximate surface area is 126 Å². The zero-order valence-corrected chi connectivity index (χ0v) is 11.5. The summed E-state index contributed by atoms with van der Waals surface area (Å²) in [4.78, 5) is 3.50. The van der Waals surface area contributed by atoms with Crippen molar-refractivity contribution in [3.8, 4) is 22.8 Å². The van der Waals surface area contributed by atoms with Crippen LogP contribution in [0.4, 0.5) is 26.3 Å². The number of para-hydroxylation sites is 1. The van der Waals surface area contributed by atoms with E-state index in [-0.39, 0.29) is 11.1 Å². The third-order valence-corrected chi connectivity index (χ3v) is 2.77. The summed E-state index contributed by atoms with van der Waals surface area (Å²) in [6, 6.07) is 5.50. The van der Waals surface area contributed by atoms with E-state index in [9.17, 15) is 26.3 Å². The van der Waals surface area contributed by atoms with Gasteiger partial charge in [-0.2, -0.15) is 13.2 Å². The number of halogens is 6. The van der Waals surface area contributed by atoms with Crippen LogP contribution in [0.5, 0.6) is 11.6 Å². The minimum Gasteiger partial charge on any atom is -0.481 e. The lowest BCUT2D eigenvalue weighted by Gasteiger charge is -2.15. The van der Waals surface area contributed by atoms with Crippen LogP contribution in [-0.2, 0) is 6.18 Å². The minimum atomic E-state index is -4.97. The summed E-state index contributed by atoms with van der Waals surface area (Å²) in [5, 5.41) is 0. The van der Waals surface area contributed by atoms with Gasteiger partial charge in [0.1, 0.15) is 11.3 Å².